The first-order valence-corrected chi connectivity index (χ1v) is 13.3. The molecule has 204 valence electrons. The number of hydrogen-bond acceptors (Lipinski definition) is 6. The van der Waals surface area contributed by atoms with Crippen LogP contribution in [-0.2, 0) is 10.3 Å². The molecule has 2 aromatic carbocycles. The van der Waals surface area contributed by atoms with Gasteiger partial charge in [0.2, 0.25) is 11.8 Å². The van der Waals surface area contributed by atoms with Crippen LogP contribution in [0, 0.1) is 6.92 Å². The number of hydrogen-bond donors (Lipinski definition) is 1. The normalized spacial score (nSPS) is 17.4. The molecule has 2 aromatic heterocycles. The van der Waals surface area contributed by atoms with Gasteiger partial charge in [-0.3, -0.25) is 14.5 Å². The Morgan fingerprint density at radius 1 is 0.950 bits per heavy atom. The second-order valence-corrected chi connectivity index (χ2v) is 10.9. The van der Waals surface area contributed by atoms with Gasteiger partial charge in [-0.05, 0) is 48.7 Å². The van der Waals surface area contributed by atoms with Crippen LogP contribution in [0.4, 0.5) is 11.4 Å². The number of benzene rings is 2. The zero-order valence-corrected chi connectivity index (χ0v) is 23.9. The number of carbonyl (C=O) groups is 2. The Bertz CT molecular complexity index is 1730. The molecule has 2 amide bonds. The minimum absolute atomic E-state index is 0.152. The number of carbonyl (C=O) groups excluding carboxylic acids is 2. The van der Waals surface area contributed by atoms with E-state index in [2.05, 4.69) is 10.3 Å². The van der Waals surface area contributed by atoms with E-state index in [0.717, 1.165) is 5.56 Å². The molecule has 40 heavy (non-hydrogen) atoms. The summed E-state index contributed by atoms with van der Waals surface area (Å²) < 4.78 is 12.5. The van der Waals surface area contributed by atoms with Crippen LogP contribution >= 0.6 is 23.2 Å². The Hall–Kier alpha value is -4.08. The van der Waals surface area contributed by atoms with Gasteiger partial charge in [0.25, 0.3) is 11.8 Å². The molecule has 0 saturated heterocycles. The Kier molecular flexibility index (Phi) is 6.05. The third kappa shape index (κ3) is 3.47. The molecule has 2 aliphatic heterocycles. The first-order valence-electron chi connectivity index (χ1n) is 12.6. The predicted molar refractivity (Wildman–Crippen MR) is 152 cm³/mol. The van der Waals surface area contributed by atoms with Crippen molar-refractivity contribution in [2.75, 3.05) is 24.4 Å². The molecule has 0 saturated carbocycles. The van der Waals surface area contributed by atoms with E-state index in [1.165, 1.54) is 19.1 Å². The predicted octanol–water partition coefficient (Wildman–Crippen LogP) is 5.88. The fourth-order valence-corrected chi connectivity index (χ4v) is 6.06. The quantitative estimate of drug-likeness (QED) is 0.318. The topological polar surface area (TPSA) is 98.6 Å². The summed E-state index contributed by atoms with van der Waals surface area (Å²) in [7, 11) is 3.01. The maximum absolute atomic E-state index is 14.5. The van der Waals surface area contributed by atoms with Gasteiger partial charge in [-0.25, -0.2) is 4.68 Å². The zero-order chi connectivity index (χ0) is 28.5. The van der Waals surface area contributed by atoms with Crippen LogP contribution in [0.2, 0.25) is 10.0 Å². The number of halogens is 2. The summed E-state index contributed by atoms with van der Waals surface area (Å²) >= 11 is 12.7. The largest absolute Gasteiger partial charge is 0.481 e. The van der Waals surface area contributed by atoms with Crippen molar-refractivity contribution in [3.63, 3.8) is 0 Å². The minimum Gasteiger partial charge on any atom is -0.481 e. The van der Waals surface area contributed by atoms with E-state index in [9.17, 15) is 9.59 Å². The van der Waals surface area contributed by atoms with Gasteiger partial charge >= 0.3 is 0 Å². The molecule has 9 nitrogen and oxygen atoms in total. The Balaban J connectivity index is 1.73. The van der Waals surface area contributed by atoms with Crippen LogP contribution in [0.25, 0.3) is 5.69 Å². The highest BCUT2D eigenvalue weighted by molar-refractivity contribution is 6.32. The molecule has 1 unspecified atom stereocenters. The fourth-order valence-electron chi connectivity index (χ4n) is 5.72. The molecule has 2 aliphatic rings. The van der Waals surface area contributed by atoms with E-state index >= 15 is 0 Å². The van der Waals surface area contributed by atoms with E-state index in [0.29, 0.717) is 49.8 Å². The highest BCUT2D eigenvalue weighted by Gasteiger charge is 2.64. The van der Waals surface area contributed by atoms with Gasteiger partial charge in [0, 0.05) is 32.9 Å². The molecule has 1 N–H and O–H groups in total. The molecule has 0 bridgehead atoms. The van der Waals surface area contributed by atoms with Gasteiger partial charge in [-0.2, -0.15) is 10.1 Å². The van der Waals surface area contributed by atoms with Crippen molar-refractivity contribution >= 4 is 46.4 Å². The van der Waals surface area contributed by atoms with Gasteiger partial charge in [0.15, 0.2) is 11.2 Å². The summed E-state index contributed by atoms with van der Waals surface area (Å²) in [5.74, 6) is -0.369. The molecule has 0 aliphatic carbocycles. The van der Waals surface area contributed by atoms with E-state index in [1.54, 1.807) is 47.1 Å². The maximum atomic E-state index is 14.5. The standard InChI is InChI=1S/C29H25Cl2N5O4/c1-14(2)25-23-24(34-36(25)20-10-11-22(39-4)33-26(20)40-5)27(37)35(21-13-17(31)7-6-15(21)3)29(23)18-9-8-16(30)12-19(18)32-28(29)38/h6-14H,1-5H3,(H,32,38). The van der Waals surface area contributed by atoms with Crippen molar-refractivity contribution in [3.8, 4) is 17.4 Å². The van der Waals surface area contributed by atoms with Gasteiger partial charge in [0.1, 0.15) is 5.69 Å². The van der Waals surface area contributed by atoms with E-state index in [4.69, 9.17) is 37.8 Å². The first kappa shape index (κ1) is 26.2. The molecule has 4 aromatic rings. The van der Waals surface area contributed by atoms with Crippen LogP contribution in [0.1, 0.15) is 52.6 Å². The molecule has 11 heteroatoms. The van der Waals surface area contributed by atoms with Crippen LogP contribution in [-0.4, -0.2) is 40.8 Å². The number of fused-ring (bicyclic) bond motifs is 4. The zero-order valence-electron chi connectivity index (χ0n) is 22.4. The summed E-state index contributed by atoms with van der Waals surface area (Å²) in [6, 6.07) is 13.9. The first-order chi connectivity index (χ1) is 19.1. The lowest BCUT2D eigenvalue weighted by Crippen LogP contribution is -2.51. The third-order valence-corrected chi connectivity index (χ3v) is 7.85. The molecule has 6 rings (SSSR count). The van der Waals surface area contributed by atoms with Crippen molar-refractivity contribution in [3.05, 3.63) is 86.7 Å². The monoisotopic (exact) mass is 577 g/mol. The summed E-state index contributed by atoms with van der Waals surface area (Å²) in [6.07, 6.45) is 0. The summed E-state index contributed by atoms with van der Waals surface area (Å²) in [5.41, 5.74) is 2.65. The average molecular weight is 578 g/mol. The van der Waals surface area contributed by atoms with Gasteiger partial charge in [0.05, 0.1) is 25.6 Å². The van der Waals surface area contributed by atoms with Crippen LogP contribution in [0.5, 0.6) is 11.8 Å². The summed E-state index contributed by atoms with van der Waals surface area (Å²) in [4.78, 5) is 34.7. The Morgan fingerprint density at radius 2 is 1.68 bits per heavy atom. The molecule has 1 atom stereocenters. The Labute approximate surface area is 240 Å². The van der Waals surface area contributed by atoms with Crippen molar-refractivity contribution in [2.45, 2.75) is 32.2 Å². The minimum atomic E-state index is -1.56. The SMILES string of the molecule is COc1ccc(-n2nc3c(c2C(C)C)C2(C(=O)Nc4cc(Cl)ccc42)N(c2cc(Cl)ccc2C)C3=O)c(OC)n1. The number of aryl methyl sites for hydroxylation is 1. The molecular formula is C29H25Cl2N5O4. The van der Waals surface area contributed by atoms with Crippen LogP contribution in [0.3, 0.4) is 0 Å². The lowest BCUT2D eigenvalue weighted by Gasteiger charge is -2.36. The van der Waals surface area contributed by atoms with E-state index in [1.807, 2.05) is 26.8 Å². The molecular weight excluding hydrogens is 553 g/mol. The Morgan fingerprint density at radius 3 is 2.38 bits per heavy atom. The second kappa shape index (κ2) is 9.25. The van der Waals surface area contributed by atoms with Crippen molar-refractivity contribution in [1.82, 2.24) is 14.8 Å². The second-order valence-electron chi connectivity index (χ2n) is 9.98. The lowest BCUT2D eigenvalue weighted by atomic mass is 9.81. The number of rotatable bonds is 5. The maximum Gasteiger partial charge on any atom is 0.280 e. The van der Waals surface area contributed by atoms with Gasteiger partial charge < -0.3 is 14.8 Å². The number of aromatic nitrogens is 3. The molecule has 4 heterocycles. The van der Waals surface area contributed by atoms with E-state index in [-0.39, 0.29) is 17.5 Å². The highest BCUT2D eigenvalue weighted by atomic mass is 35.5. The van der Waals surface area contributed by atoms with Crippen LogP contribution < -0.4 is 19.7 Å². The van der Waals surface area contributed by atoms with Crippen molar-refractivity contribution < 1.29 is 19.1 Å². The van der Waals surface area contributed by atoms with Gasteiger partial charge in [-0.15, -0.1) is 0 Å². The number of nitrogens with one attached hydrogen (secondary N) is 1. The summed E-state index contributed by atoms with van der Waals surface area (Å²) in [6.45, 7) is 5.84. The number of nitrogens with zero attached hydrogens (tertiary/aromatic N) is 4. The number of methoxy groups -OCH3 is 2. The van der Waals surface area contributed by atoms with Crippen molar-refractivity contribution in [2.24, 2.45) is 0 Å². The number of amides is 2. The summed E-state index contributed by atoms with van der Waals surface area (Å²) in [5, 5.41) is 8.70. The van der Waals surface area contributed by atoms with Crippen molar-refractivity contribution in [1.29, 1.82) is 0 Å². The average Bonchev–Trinajstić information content (AvgIpc) is 3.53. The molecule has 1 spiro atoms. The number of anilines is 2. The number of ether oxygens (including phenoxy) is 2. The molecule has 0 radical (unpaired) electrons. The highest BCUT2D eigenvalue weighted by Crippen LogP contribution is 2.55. The van der Waals surface area contributed by atoms with E-state index < -0.39 is 17.4 Å². The van der Waals surface area contributed by atoms with Crippen LogP contribution in [0.15, 0.2) is 48.5 Å². The third-order valence-electron chi connectivity index (χ3n) is 7.38. The van der Waals surface area contributed by atoms with Gasteiger partial charge in [-0.1, -0.05) is 49.2 Å². The smallest absolute Gasteiger partial charge is 0.280 e. The molecule has 0 fully saturated rings. The fraction of sp³-hybridized carbons (Fsp3) is 0.241. The number of pyridine rings is 1. The lowest BCUT2D eigenvalue weighted by molar-refractivity contribution is -0.119.